The first-order valence-electron chi connectivity index (χ1n) is 8.49. The Morgan fingerprint density at radius 1 is 1.24 bits per heavy atom. The Labute approximate surface area is 146 Å². The van der Waals surface area contributed by atoms with Crippen LogP contribution in [0.1, 0.15) is 47.8 Å². The molecule has 0 aromatic heterocycles. The quantitative estimate of drug-likeness (QED) is 0.904. The lowest BCUT2D eigenvalue weighted by Gasteiger charge is -2.17. The molecule has 2 amide bonds. The molecule has 5 heteroatoms. The monoisotopic (exact) mass is 340 g/mol. The van der Waals surface area contributed by atoms with E-state index in [4.69, 9.17) is 0 Å². The maximum absolute atomic E-state index is 13.0. The summed E-state index contributed by atoms with van der Waals surface area (Å²) in [7, 11) is 0. The second kappa shape index (κ2) is 7.05. The summed E-state index contributed by atoms with van der Waals surface area (Å²) in [4.78, 5) is 26.4. The van der Waals surface area contributed by atoms with Crippen LogP contribution in [0.3, 0.4) is 0 Å². The number of amides is 2. The van der Waals surface area contributed by atoms with Crippen molar-refractivity contribution in [1.29, 1.82) is 0 Å². The molecular weight excluding hydrogens is 319 g/mol. The van der Waals surface area contributed by atoms with Gasteiger partial charge in [0.15, 0.2) is 0 Å². The molecule has 4 nitrogen and oxygen atoms in total. The minimum absolute atomic E-state index is 0.0779. The molecule has 1 heterocycles. The number of benzene rings is 2. The number of carbonyl (C=O) groups excluding carboxylic acids is 2. The van der Waals surface area contributed by atoms with Gasteiger partial charge in [0.25, 0.3) is 5.91 Å². The Morgan fingerprint density at radius 2 is 1.96 bits per heavy atom. The summed E-state index contributed by atoms with van der Waals surface area (Å²) in [6.45, 7) is 4.58. The lowest BCUT2D eigenvalue weighted by atomic mass is 10.1. The molecule has 130 valence electrons. The van der Waals surface area contributed by atoms with Gasteiger partial charge in [-0.2, -0.15) is 0 Å². The highest BCUT2D eigenvalue weighted by Crippen LogP contribution is 2.30. The maximum Gasteiger partial charge on any atom is 0.251 e. The molecular formula is C20H21FN2O2. The zero-order valence-electron chi connectivity index (χ0n) is 14.4. The van der Waals surface area contributed by atoms with Crippen LogP contribution in [0, 0.1) is 5.82 Å². The number of rotatable bonds is 5. The third-order valence-corrected chi connectivity index (χ3v) is 4.44. The molecule has 0 spiro atoms. The molecule has 1 aliphatic rings. The van der Waals surface area contributed by atoms with Crippen molar-refractivity contribution in [1.82, 2.24) is 5.32 Å². The van der Waals surface area contributed by atoms with Crippen LogP contribution in [-0.4, -0.2) is 18.4 Å². The maximum atomic E-state index is 13.0. The number of halogens is 1. The summed E-state index contributed by atoms with van der Waals surface area (Å²) < 4.78 is 13.0. The van der Waals surface area contributed by atoms with Crippen LogP contribution < -0.4 is 10.2 Å². The molecule has 1 N–H and O–H groups in total. The second-order valence-corrected chi connectivity index (χ2v) is 6.31. The van der Waals surface area contributed by atoms with E-state index in [0.717, 1.165) is 23.2 Å². The Balaban J connectivity index is 1.74. The number of nitrogens with zero attached hydrogens (tertiary/aromatic N) is 1. The van der Waals surface area contributed by atoms with Gasteiger partial charge < -0.3 is 10.2 Å². The molecule has 1 atom stereocenters. The summed E-state index contributed by atoms with van der Waals surface area (Å²) >= 11 is 0. The smallest absolute Gasteiger partial charge is 0.251 e. The first-order valence-corrected chi connectivity index (χ1v) is 8.49. The van der Waals surface area contributed by atoms with Crippen molar-refractivity contribution in [3.05, 3.63) is 65.0 Å². The van der Waals surface area contributed by atoms with Gasteiger partial charge in [-0.1, -0.05) is 19.1 Å². The first kappa shape index (κ1) is 17.1. The van der Waals surface area contributed by atoms with Gasteiger partial charge in [0.05, 0.1) is 12.5 Å². The average molecular weight is 340 g/mol. The van der Waals surface area contributed by atoms with Crippen molar-refractivity contribution in [2.75, 3.05) is 11.4 Å². The highest BCUT2D eigenvalue weighted by molar-refractivity contribution is 6.03. The van der Waals surface area contributed by atoms with Gasteiger partial charge in [0.2, 0.25) is 5.91 Å². The number of anilines is 1. The second-order valence-electron chi connectivity index (χ2n) is 6.31. The fraction of sp³-hybridized carbons (Fsp3) is 0.300. The van der Waals surface area contributed by atoms with Gasteiger partial charge in [-0.05, 0) is 54.8 Å². The molecule has 0 saturated carbocycles. The molecule has 0 aliphatic carbocycles. The number of nitrogens with one attached hydrogen (secondary N) is 1. The Morgan fingerprint density at radius 3 is 2.64 bits per heavy atom. The SMILES string of the molecule is CCCN1C(=O)Cc2cc(C(=O)N[C@H](C)c3ccc(F)cc3)ccc21. The van der Waals surface area contributed by atoms with Crippen LogP contribution >= 0.6 is 0 Å². The van der Waals surface area contributed by atoms with Crippen LogP contribution in [0.5, 0.6) is 0 Å². The first-order chi connectivity index (χ1) is 12.0. The van der Waals surface area contributed by atoms with E-state index in [2.05, 4.69) is 5.32 Å². The van der Waals surface area contributed by atoms with E-state index < -0.39 is 0 Å². The number of carbonyl (C=O) groups is 2. The number of hydrogen-bond acceptors (Lipinski definition) is 2. The van der Waals surface area contributed by atoms with Gasteiger partial charge >= 0.3 is 0 Å². The minimum Gasteiger partial charge on any atom is -0.346 e. The Bertz CT molecular complexity index is 802. The van der Waals surface area contributed by atoms with Gasteiger partial charge in [-0.25, -0.2) is 4.39 Å². The third kappa shape index (κ3) is 3.55. The van der Waals surface area contributed by atoms with E-state index in [9.17, 15) is 14.0 Å². The van der Waals surface area contributed by atoms with E-state index in [1.165, 1.54) is 12.1 Å². The fourth-order valence-electron chi connectivity index (χ4n) is 3.11. The summed E-state index contributed by atoms with van der Waals surface area (Å²) in [5, 5.41) is 2.91. The van der Waals surface area contributed by atoms with E-state index in [1.807, 2.05) is 19.9 Å². The summed E-state index contributed by atoms with van der Waals surface area (Å²) in [6.07, 6.45) is 1.23. The molecule has 1 aliphatic heterocycles. The van der Waals surface area contributed by atoms with E-state index in [1.54, 1.807) is 29.2 Å². The van der Waals surface area contributed by atoms with Crippen LogP contribution in [0.25, 0.3) is 0 Å². The zero-order chi connectivity index (χ0) is 18.0. The molecule has 25 heavy (non-hydrogen) atoms. The normalized spacial score (nSPS) is 14.4. The minimum atomic E-state index is -0.304. The molecule has 3 rings (SSSR count). The van der Waals surface area contributed by atoms with Crippen LogP contribution in [0.2, 0.25) is 0 Å². The van der Waals surface area contributed by atoms with Gasteiger partial charge in [0, 0.05) is 17.8 Å². The molecule has 0 unspecified atom stereocenters. The lowest BCUT2D eigenvalue weighted by Crippen LogP contribution is -2.27. The number of hydrogen-bond donors (Lipinski definition) is 1. The molecule has 0 bridgehead atoms. The molecule has 0 radical (unpaired) electrons. The average Bonchev–Trinajstić information content (AvgIpc) is 2.90. The summed E-state index contributed by atoms with van der Waals surface area (Å²) in [6, 6.07) is 11.2. The van der Waals surface area contributed by atoms with Crippen LogP contribution in [0.4, 0.5) is 10.1 Å². The van der Waals surface area contributed by atoms with Gasteiger partial charge in [-0.3, -0.25) is 9.59 Å². The van der Waals surface area contributed by atoms with Gasteiger partial charge in [0.1, 0.15) is 5.82 Å². The number of fused-ring (bicyclic) bond motifs is 1. The van der Waals surface area contributed by atoms with E-state index in [-0.39, 0.29) is 23.7 Å². The molecule has 2 aromatic carbocycles. The predicted octanol–water partition coefficient (Wildman–Crippen LogP) is 3.62. The van der Waals surface area contributed by atoms with Crippen molar-refractivity contribution in [3.63, 3.8) is 0 Å². The topological polar surface area (TPSA) is 49.4 Å². The Hall–Kier alpha value is -2.69. The van der Waals surface area contributed by atoms with E-state index >= 15 is 0 Å². The summed E-state index contributed by atoms with van der Waals surface area (Å²) in [5.41, 5.74) is 3.15. The standard InChI is InChI=1S/C20H21FN2O2/c1-3-10-23-18-9-6-15(11-16(18)12-19(23)24)20(25)22-13(2)14-4-7-17(21)8-5-14/h4-9,11,13H,3,10,12H2,1-2H3,(H,22,25)/t13-/m1/s1. The van der Waals surface area contributed by atoms with Crippen molar-refractivity contribution in [2.45, 2.75) is 32.7 Å². The summed E-state index contributed by atoms with van der Waals surface area (Å²) in [5.74, 6) is -0.433. The van der Waals surface area contributed by atoms with Crippen LogP contribution in [0.15, 0.2) is 42.5 Å². The Kier molecular flexibility index (Phi) is 4.83. The van der Waals surface area contributed by atoms with Crippen molar-refractivity contribution in [3.8, 4) is 0 Å². The zero-order valence-corrected chi connectivity index (χ0v) is 14.4. The van der Waals surface area contributed by atoms with Gasteiger partial charge in [-0.15, -0.1) is 0 Å². The van der Waals surface area contributed by atoms with Crippen molar-refractivity contribution in [2.24, 2.45) is 0 Å². The third-order valence-electron chi connectivity index (χ3n) is 4.44. The fourth-order valence-corrected chi connectivity index (χ4v) is 3.11. The van der Waals surface area contributed by atoms with Crippen molar-refractivity contribution < 1.29 is 14.0 Å². The van der Waals surface area contributed by atoms with Crippen molar-refractivity contribution >= 4 is 17.5 Å². The molecule has 0 saturated heterocycles. The molecule has 0 fully saturated rings. The van der Waals surface area contributed by atoms with Crippen LogP contribution in [-0.2, 0) is 11.2 Å². The largest absolute Gasteiger partial charge is 0.346 e. The van der Waals surface area contributed by atoms with E-state index in [0.29, 0.717) is 18.5 Å². The highest BCUT2D eigenvalue weighted by atomic mass is 19.1. The predicted molar refractivity (Wildman–Crippen MR) is 95.1 cm³/mol. The molecule has 2 aromatic rings. The highest BCUT2D eigenvalue weighted by Gasteiger charge is 2.27. The lowest BCUT2D eigenvalue weighted by molar-refractivity contribution is -0.117.